The molecule has 0 saturated heterocycles. The van der Waals surface area contributed by atoms with Gasteiger partial charge in [0, 0.05) is 44.3 Å². The molecule has 0 atom stereocenters. The van der Waals surface area contributed by atoms with Gasteiger partial charge in [0.25, 0.3) is 0 Å². The van der Waals surface area contributed by atoms with Crippen molar-refractivity contribution in [1.29, 1.82) is 0 Å². The Morgan fingerprint density at radius 1 is 1.12 bits per heavy atom. The van der Waals surface area contributed by atoms with Crippen LogP contribution in [0.2, 0.25) is 0 Å². The molecule has 4 rings (SSSR count). The van der Waals surface area contributed by atoms with E-state index in [0.717, 1.165) is 11.1 Å². The van der Waals surface area contributed by atoms with Crippen LogP contribution in [0.4, 0.5) is 0 Å². The van der Waals surface area contributed by atoms with Crippen molar-refractivity contribution in [3.8, 4) is 28.8 Å². The van der Waals surface area contributed by atoms with Gasteiger partial charge in [-0.05, 0) is 24.1 Å². The Kier molecular flexibility index (Phi) is 6.87. The molecule has 0 fully saturated rings. The third-order valence-corrected chi connectivity index (χ3v) is 5.51. The lowest BCUT2D eigenvalue weighted by molar-refractivity contribution is -0.130. The number of carbonyl (C=O) groups is 1. The first-order valence-corrected chi connectivity index (χ1v) is 10.6. The molecule has 0 N–H and O–H groups in total. The third-order valence-electron chi connectivity index (χ3n) is 5.51. The summed E-state index contributed by atoms with van der Waals surface area (Å²) in [5, 5.41) is 3.95. The van der Waals surface area contributed by atoms with Crippen molar-refractivity contribution in [2.45, 2.75) is 19.3 Å². The van der Waals surface area contributed by atoms with E-state index in [1.165, 1.54) is 0 Å². The number of ether oxygens (including phenoxy) is 3. The molecule has 0 bridgehead atoms. The minimum Gasteiger partial charge on any atom is -0.496 e. The molecule has 0 saturated carbocycles. The summed E-state index contributed by atoms with van der Waals surface area (Å²) in [6.07, 6.45) is 5.08. The van der Waals surface area contributed by atoms with E-state index in [-0.39, 0.29) is 5.91 Å². The summed E-state index contributed by atoms with van der Waals surface area (Å²) < 4.78 is 21.7. The largest absolute Gasteiger partial charge is 0.496 e. The van der Waals surface area contributed by atoms with Crippen LogP contribution in [0.1, 0.15) is 24.3 Å². The summed E-state index contributed by atoms with van der Waals surface area (Å²) in [7, 11) is 4.84. The van der Waals surface area contributed by atoms with E-state index < -0.39 is 0 Å². The fraction of sp³-hybridized carbons (Fsp3) is 0.333. The highest BCUT2D eigenvalue weighted by Gasteiger charge is 2.23. The molecule has 3 aromatic rings. The maximum absolute atomic E-state index is 12.7. The van der Waals surface area contributed by atoms with Crippen LogP contribution in [0.15, 0.2) is 47.1 Å². The van der Waals surface area contributed by atoms with E-state index in [0.29, 0.717) is 67.0 Å². The molecule has 1 aromatic carbocycles. The molecular formula is C24H26N4O5. The number of hydrogen-bond acceptors (Lipinski definition) is 8. The Bertz CT molecular complexity index is 1120. The molecule has 0 radical (unpaired) electrons. The number of nitrogens with zero attached hydrogens (tertiary/aromatic N) is 4. The second kappa shape index (κ2) is 10.2. The van der Waals surface area contributed by atoms with Crippen molar-refractivity contribution >= 4 is 11.5 Å². The van der Waals surface area contributed by atoms with E-state index >= 15 is 0 Å². The number of hydrogen-bond donors (Lipinski definition) is 0. The van der Waals surface area contributed by atoms with Crippen LogP contribution in [0.3, 0.4) is 0 Å². The average molecular weight is 450 g/mol. The molecule has 1 aliphatic heterocycles. The smallest absolute Gasteiger partial charge is 0.227 e. The van der Waals surface area contributed by atoms with E-state index in [2.05, 4.69) is 15.1 Å². The van der Waals surface area contributed by atoms with Crippen LogP contribution in [-0.2, 0) is 11.2 Å². The normalized spacial score (nSPS) is 13.4. The standard InChI is InChI=1S/C24H26N4O5/c1-30-17-14-19(31-2)23(20(15-17)32-3)16-9-12-28(13-10-16)22(29)8-7-21-26-24(27-33-21)18-6-4-5-11-25-18/h4-6,9,11,14-15H,7-8,10,12-13H2,1-3H3. The molecule has 0 unspecified atom stereocenters. The number of aryl methyl sites for hydroxylation is 1. The average Bonchev–Trinajstić information content (AvgIpc) is 3.36. The van der Waals surface area contributed by atoms with E-state index in [9.17, 15) is 4.79 Å². The maximum atomic E-state index is 12.7. The highest BCUT2D eigenvalue weighted by atomic mass is 16.5. The van der Waals surface area contributed by atoms with Crippen molar-refractivity contribution < 1.29 is 23.5 Å². The zero-order chi connectivity index (χ0) is 23.2. The van der Waals surface area contributed by atoms with Gasteiger partial charge in [0.15, 0.2) is 0 Å². The van der Waals surface area contributed by atoms with Crippen molar-refractivity contribution in [2.24, 2.45) is 0 Å². The monoisotopic (exact) mass is 450 g/mol. The Labute approximate surface area is 192 Å². The van der Waals surface area contributed by atoms with Gasteiger partial charge in [-0.3, -0.25) is 9.78 Å². The molecule has 0 spiro atoms. The molecule has 9 heteroatoms. The quantitative estimate of drug-likeness (QED) is 0.515. The second-order valence-corrected chi connectivity index (χ2v) is 7.45. The van der Waals surface area contributed by atoms with E-state index in [4.69, 9.17) is 18.7 Å². The molecule has 2 aromatic heterocycles. The molecule has 0 aliphatic carbocycles. The summed E-state index contributed by atoms with van der Waals surface area (Å²) >= 11 is 0. The minimum absolute atomic E-state index is 0.0385. The lowest BCUT2D eigenvalue weighted by Gasteiger charge is -2.28. The zero-order valence-electron chi connectivity index (χ0n) is 18.9. The van der Waals surface area contributed by atoms with Crippen LogP contribution in [0.25, 0.3) is 17.1 Å². The fourth-order valence-corrected chi connectivity index (χ4v) is 3.77. The second-order valence-electron chi connectivity index (χ2n) is 7.45. The van der Waals surface area contributed by atoms with Gasteiger partial charge in [-0.2, -0.15) is 4.98 Å². The maximum Gasteiger partial charge on any atom is 0.227 e. The Morgan fingerprint density at radius 2 is 1.91 bits per heavy atom. The minimum atomic E-state index is 0.0385. The van der Waals surface area contributed by atoms with Gasteiger partial charge in [0.05, 0.1) is 26.9 Å². The highest BCUT2D eigenvalue weighted by Crippen LogP contribution is 2.40. The predicted octanol–water partition coefficient (Wildman–Crippen LogP) is 3.41. The fourth-order valence-electron chi connectivity index (χ4n) is 3.77. The number of aromatic nitrogens is 3. The van der Waals surface area contributed by atoms with Crippen molar-refractivity contribution in [3.05, 3.63) is 54.1 Å². The number of benzene rings is 1. The van der Waals surface area contributed by atoms with Crippen molar-refractivity contribution in [1.82, 2.24) is 20.0 Å². The Morgan fingerprint density at radius 3 is 2.52 bits per heavy atom. The van der Waals surface area contributed by atoms with E-state index in [1.807, 2.05) is 41.3 Å². The van der Waals surface area contributed by atoms with Gasteiger partial charge in [0.1, 0.15) is 22.9 Å². The summed E-state index contributed by atoms with van der Waals surface area (Å²) in [4.78, 5) is 23.1. The molecule has 33 heavy (non-hydrogen) atoms. The van der Waals surface area contributed by atoms with Crippen LogP contribution < -0.4 is 14.2 Å². The van der Waals surface area contributed by atoms with Crippen molar-refractivity contribution in [3.63, 3.8) is 0 Å². The van der Waals surface area contributed by atoms with Gasteiger partial charge in [-0.15, -0.1) is 0 Å². The number of amides is 1. The SMILES string of the molecule is COc1cc(OC)c(C2=CCN(C(=O)CCc3nc(-c4ccccn4)no3)CC2)c(OC)c1. The van der Waals surface area contributed by atoms with Crippen molar-refractivity contribution in [2.75, 3.05) is 34.4 Å². The van der Waals surface area contributed by atoms with Crippen LogP contribution in [0, 0.1) is 0 Å². The molecule has 3 heterocycles. The number of pyridine rings is 1. The van der Waals surface area contributed by atoms with Gasteiger partial charge < -0.3 is 23.6 Å². The van der Waals surface area contributed by atoms with Gasteiger partial charge in [0.2, 0.25) is 17.6 Å². The van der Waals surface area contributed by atoms with Gasteiger partial charge in [-0.1, -0.05) is 17.3 Å². The molecule has 1 aliphatic rings. The Hall–Kier alpha value is -3.88. The topological polar surface area (TPSA) is 99.8 Å². The zero-order valence-corrected chi connectivity index (χ0v) is 18.9. The number of carbonyl (C=O) groups excluding carboxylic acids is 1. The van der Waals surface area contributed by atoms with Crippen LogP contribution in [0.5, 0.6) is 17.2 Å². The molecular weight excluding hydrogens is 424 g/mol. The first kappa shape index (κ1) is 22.3. The molecule has 172 valence electrons. The first-order valence-electron chi connectivity index (χ1n) is 10.6. The van der Waals surface area contributed by atoms with Crippen LogP contribution in [-0.4, -0.2) is 60.4 Å². The van der Waals surface area contributed by atoms with Gasteiger partial charge in [-0.25, -0.2) is 0 Å². The summed E-state index contributed by atoms with van der Waals surface area (Å²) in [5.74, 6) is 2.90. The van der Waals surface area contributed by atoms with Gasteiger partial charge >= 0.3 is 0 Å². The lowest BCUT2D eigenvalue weighted by atomic mass is 9.97. The third kappa shape index (κ3) is 4.97. The number of rotatable bonds is 8. The highest BCUT2D eigenvalue weighted by molar-refractivity contribution is 5.81. The first-order chi connectivity index (χ1) is 16.1. The summed E-state index contributed by atoms with van der Waals surface area (Å²) in [5.41, 5.74) is 2.60. The molecule has 1 amide bonds. The van der Waals surface area contributed by atoms with Crippen LogP contribution >= 0.6 is 0 Å². The predicted molar refractivity (Wildman–Crippen MR) is 121 cm³/mol. The summed E-state index contributed by atoms with van der Waals surface area (Å²) in [6, 6.07) is 9.16. The van der Waals surface area contributed by atoms with E-state index in [1.54, 1.807) is 27.5 Å². The number of methoxy groups -OCH3 is 3. The summed E-state index contributed by atoms with van der Waals surface area (Å²) in [6.45, 7) is 1.11. The lowest BCUT2D eigenvalue weighted by Crippen LogP contribution is -2.34. The Balaban J connectivity index is 1.39. The molecule has 9 nitrogen and oxygen atoms in total.